The van der Waals surface area contributed by atoms with E-state index < -0.39 is 30.0 Å². The van der Waals surface area contributed by atoms with Crippen LogP contribution in [0.2, 0.25) is 0 Å². The predicted molar refractivity (Wildman–Crippen MR) is 140 cm³/mol. The summed E-state index contributed by atoms with van der Waals surface area (Å²) >= 11 is 0. The fourth-order valence-electron chi connectivity index (χ4n) is 4.85. The number of carbonyl (C=O) groups is 2. The standard InChI is InChI=1S/C29H26N4O5/c1-2-38-25-16-19(10-15-24(25)34)27(35)23-14-13-22-26(33(23)31-20-11-8-18(17-30)9-12-20)29(37)32(28(22)36)21-6-4-3-5-7-21/h3-16,22-23,26-27,31,34-35H,2H2,1H3. The lowest BCUT2D eigenvalue weighted by molar-refractivity contribution is -0.123. The Morgan fingerprint density at radius 1 is 1.03 bits per heavy atom. The van der Waals surface area contributed by atoms with Crippen LogP contribution < -0.4 is 15.1 Å². The Balaban J connectivity index is 1.54. The van der Waals surface area contributed by atoms with Crippen LogP contribution in [-0.4, -0.2) is 45.7 Å². The number of phenolic OH excluding ortho intramolecular Hbond substituents is 1. The van der Waals surface area contributed by atoms with Crippen molar-refractivity contribution < 1.29 is 24.5 Å². The number of aliphatic hydroxyl groups is 1. The molecule has 0 bridgehead atoms. The molecule has 2 aliphatic heterocycles. The van der Waals surface area contributed by atoms with E-state index >= 15 is 0 Å². The fourth-order valence-corrected chi connectivity index (χ4v) is 4.85. The van der Waals surface area contributed by atoms with Crippen LogP contribution >= 0.6 is 0 Å². The average molecular weight is 511 g/mol. The SMILES string of the molecule is CCOc1cc(C(O)C2C=CC3C(=O)N(c4ccccc4)C(=O)C3N2Nc2ccc(C#N)cc2)ccc1O. The number of nitrogens with zero attached hydrogens (tertiary/aromatic N) is 3. The van der Waals surface area contributed by atoms with Gasteiger partial charge in [0.05, 0.1) is 35.9 Å². The molecule has 2 amide bonds. The predicted octanol–water partition coefficient (Wildman–Crippen LogP) is 3.52. The van der Waals surface area contributed by atoms with Gasteiger partial charge in [0.15, 0.2) is 11.5 Å². The number of amides is 2. The van der Waals surface area contributed by atoms with Gasteiger partial charge in [-0.25, -0.2) is 9.91 Å². The number of aromatic hydroxyl groups is 1. The van der Waals surface area contributed by atoms with E-state index in [9.17, 15) is 19.8 Å². The lowest BCUT2D eigenvalue weighted by atomic mass is 9.90. The van der Waals surface area contributed by atoms with Gasteiger partial charge in [-0.2, -0.15) is 5.26 Å². The zero-order valence-electron chi connectivity index (χ0n) is 20.6. The number of carbonyl (C=O) groups excluding carboxylic acids is 2. The molecule has 38 heavy (non-hydrogen) atoms. The third-order valence-electron chi connectivity index (χ3n) is 6.69. The van der Waals surface area contributed by atoms with E-state index in [1.807, 2.05) is 0 Å². The second kappa shape index (κ2) is 10.4. The van der Waals surface area contributed by atoms with Crippen LogP contribution in [0.3, 0.4) is 0 Å². The zero-order valence-corrected chi connectivity index (χ0v) is 20.6. The number of hydrogen-bond acceptors (Lipinski definition) is 8. The number of rotatable bonds is 7. The molecule has 0 aliphatic carbocycles. The molecule has 9 nitrogen and oxygen atoms in total. The fraction of sp³-hybridized carbons (Fsp3) is 0.207. The second-order valence-electron chi connectivity index (χ2n) is 9.01. The molecule has 2 aliphatic rings. The molecule has 0 spiro atoms. The van der Waals surface area contributed by atoms with Crippen molar-refractivity contribution in [2.75, 3.05) is 16.9 Å². The number of ether oxygens (including phenoxy) is 1. The normalized spacial score (nSPS) is 21.6. The lowest BCUT2D eigenvalue weighted by Gasteiger charge is -2.40. The lowest BCUT2D eigenvalue weighted by Crippen LogP contribution is -2.55. The van der Waals surface area contributed by atoms with Crippen molar-refractivity contribution in [2.24, 2.45) is 5.92 Å². The summed E-state index contributed by atoms with van der Waals surface area (Å²) in [5, 5.41) is 32.4. The molecule has 1 fully saturated rings. The first kappa shape index (κ1) is 25.0. The summed E-state index contributed by atoms with van der Waals surface area (Å²) in [6.07, 6.45) is 2.23. The Kier molecular flexibility index (Phi) is 6.83. The molecule has 5 rings (SSSR count). The van der Waals surface area contributed by atoms with Gasteiger partial charge in [-0.05, 0) is 61.0 Å². The number of fused-ring (bicyclic) bond motifs is 1. The van der Waals surface area contributed by atoms with Crippen molar-refractivity contribution in [3.63, 3.8) is 0 Å². The highest BCUT2D eigenvalue weighted by Crippen LogP contribution is 2.39. The minimum Gasteiger partial charge on any atom is -0.504 e. The van der Waals surface area contributed by atoms with Gasteiger partial charge in [0.2, 0.25) is 5.91 Å². The summed E-state index contributed by atoms with van der Waals surface area (Å²) < 4.78 is 5.48. The van der Waals surface area contributed by atoms with Crippen LogP contribution in [-0.2, 0) is 9.59 Å². The van der Waals surface area contributed by atoms with Gasteiger partial charge in [0, 0.05) is 5.69 Å². The Labute approximate surface area is 219 Å². The van der Waals surface area contributed by atoms with Crippen LogP contribution in [0, 0.1) is 17.2 Å². The number of nitrogens with one attached hydrogen (secondary N) is 1. The first-order chi connectivity index (χ1) is 18.4. The summed E-state index contributed by atoms with van der Waals surface area (Å²) in [7, 11) is 0. The van der Waals surface area contributed by atoms with Crippen molar-refractivity contribution in [2.45, 2.75) is 25.1 Å². The van der Waals surface area contributed by atoms with Crippen molar-refractivity contribution in [3.05, 3.63) is 96.1 Å². The highest BCUT2D eigenvalue weighted by Gasteiger charge is 2.54. The molecule has 2 heterocycles. The van der Waals surface area contributed by atoms with Crippen LogP contribution in [0.1, 0.15) is 24.2 Å². The summed E-state index contributed by atoms with van der Waals surface area (Å²) in [4.78, 5) is 28.3. The number of aliphatic hydroxyl groups excluding tert-OH is 1. The van der Waals surface area contributed by atoms with Gasteiger partial charge in [0.25, 0.3) is 5.91 Å². The monoisotopic (exact) mass is 510 g/mol. The zero-order chi connectivity index (χ0) is 26.8. The first-order valence-corrected chi connectivity index (χ1v) is 12.2. The number of hydrazine groups is 1. The third-order valence-corrected chi connectivity index (χ3v) is 6.69. The van der Waals surface area contributed by atoms with Gasteiger partial charge in [-0.15, -0.1) is 0 Å². The topological polar surface area (TPSA) is 126 Å². The molecule has 4 atom stereocenters. The number of para-hydroxylation sites is 1. The minimum atomic E-state index is -1.15. The Morgan fingerprint density at radius 2 is 1.76 bits per heavy atom. The van der Waals surface area contributed by atoms with Crippen molar-refractivity contribution in [1.29, 1.82) is 5.26 Å². The number of hydrogen-bond donors (Lipinski definition) is 3. The van der Waals surface area contributed by atoms with Crippen LogP contribution in [0.4, 0.5) is 11.4 Å². The first-order valence-electron chi connectivity index (χ1n) is 12.2. The van der Waals surface area contributed by atoms with Crippen molar-refractivity contribution in [1.82, 2.24) is 5.01 Å². The van der Waals surface area contributed by atoms with Gasteiger partial charge in [-0.1, -0.05) is 36.4 Å². The smallest absolute Gasteiger partial charge is 0.254 e. The quantitative estimate of drug-likeness (QED) is 0.326. The third kappa shape index (κ3) is 4.47. The molecule has 4 unspecified atom stereocenters. The van der Waals surface area contributed by atoms with Gasteiger partial charge >= 0.3 is 0 Å². The maximum absolute atomic E-state index is 13.8. The van der Waals surface area contributed by atoms with E-state index in [4.69, 9.17) is 10.00 Å². The van der Waals surface area contributed by atoms with E-state index in [1.165, 1.54) is 11.0 Å². The van der Waals surface area contributed by atoms with E-state index in [-0.39, 0.29) is 17.4 Å². The summed E-state index contributed by atoms with van der Waals surface area (Å²) in [6.45, 7) is 2.12. The highest BCUT2D eigenvalue weighted by atomic mass is 16.5. The molecule has 3 aromatic carbocycles. The van der Waals surface area contributed by atoms with E-state index in [0.717, 1.165) is 0 Å². The minimum absolute atomic E-state index is 0.0512. The summed E-state index contributed by atoms with van der Waals surface area (Å²) in [5.41, 5.74) is 5.19. The molecule has 192 valence electrons. The molecule has 9 heteroatoms. The average Bonchev–Trinajstić information content (AvgIpc) is 3.20. The maximum Gasteiger partial charge on any atom is 0.254 e. The Hall–Kier alpha value is -4.65. The molecule has 3 N–H and O–H groups in total. The molecular weight excluding hydrogens is 484 g/mol. The van der Waals surface area contributed by atoms with Crippen LogP contribution in [0.5, 0.6) is 11.5 Å². The van der Waals surface area contributed by atoms with Crippen LogP contribution in [0.25, 0.3) is 0 Å². The summed E-state index contributed by atoms with van der Waals surface area (Å²) in [6, 6.07) is 20.3. The number of anilines is 2. The molecule has 3 aromatic rings. The van der Waals surface area contributed by atoms with E-state index in [0.29, 0.717) is 29.1 Å². The largest absolute Gasteiger partial charge is 0.504 e. The van der Waals surface area contributed by atoms with E-state index in [2.05, 4.69) is 11.5 Å². The number of phenols is 1. The number of benzene rings is 3. The Morgan fingerprint density at radius 3 is 2.45 bits per heavy atom. The number of imide groups is 1. The molecule has 0 saturated carbocycles. The molecular formula is C29H26N4O5. The van der Waals surface area contributed by atoms with E-state index in [1.54, 1.807) is 90.8 Å². The molecule has 0 radical (unpaired) electrons. The van der Waals surface area contributed by atoms with Gasteiger partial charge < -0.3 is 20.4 Å². The highest BCUT2D eigenvalue weighted by molar-refractivity contribution is 6.24. The van der Waals surface area contributed by atoms with Gasteiger partial charge in [-0.3, -0.25) is 9.59 Å². The van der Waals surface area contributed by atoms with Crippen molar-refractivity contribution in [3.8, 4) is 17.6 Å². The molecule has 0 aromatic heterocycles. The van der Waals surface area contributed by atoms with Crippen LogP contribution in [0.15, 0.2) is 84.9 Å². The maximum atomic E-state index is 13.8. The van der Waals surface area contributed by atoms with Crippen molar-refractivity contribution >= 4 is 23.2 Å². The summed E-state index contributed by atoms with van der Waals surface area (Å²) in [5.74, 6) is -1.36. The van der Waals surface area contributed by atoms with Gasteiger partial charge in [0.1, 0.15) is 12.1 Å². The Bertz CT molecular complexity index is 1420. The number of nitriles is 1. The molecule has 1 saturated heterocycles. The second-order valence-corrected chi connectivity index (χ2v) is 9.01.